The summed E-state index contributed by atoms with van der Waals surface area (Å²) < 4.78 is 0. The largest absolute Gasteiger partial charge is 0.369 e. The van der Waals surface area contributed by atoms with Crippen LogP contribution in [-0.4, -0.2) is 12.6 Å². The Labute approximate surface area is 106 Å². The molecule has 0 bridgehead atoms. The van der Waals surface area contributed by atoms with Crippen molar-refractivity contribution in [1.29, 1.82) is 0 Å². The molecular weight excluding hydrogens is 208 g/mol. The highest BCUT2D eigenvalue weighted by Crippen LogP contribution is 2.28. The number of hydrogen-bond acceptors (Lipinski definition) is 2. The minimum absolute atomic E-state index is 0.143. The third kappa shape index (κ3) is 3.22. The van der Waals surface area contributed by atoms with Crippen molar-refractivity contribution < 1.29 is 0 Å². The van der Waals surface area contributed by atoms with E-state index in [0.29, 0.717) is 6.04 Å². The Kier molecular flexibility index (Phi) is 5.49. The van der Waals surface area contributed by atoms with Crippen molar-refractivity contribution in [2.24, 2.45) is 5.73 Å². The lowest BCUT2D eigenvalue weighted by molar-refractivity contribution is 0.618. The van der Waals surface area contributed by atoms with E-state index in [1.165, 1.54) is 11.3 Å². The summed E-state index contributed by atoms with van der Waals surface area (Å²) in [4.78, 5) is 2.45. The highest BCUT2D eigenvalue weighted by atomic mass is 15.2. The zero-order valence-corrected chi connectivity index (χ0v) is 11.6. The molecule has 2 unspecified atom stereocenters. The van der Waals surface area contributed by atoms with Crippen molar-refractivity contribution in [2.45, 2.75) is 52.6 Å². The maximum absolute atomic E-state index is 6.20. The number of anilines is 1. The number of rotatable bonds is 6. The van der Waals surface area contributed by atoms with E-state index < -0.39 is 0 Å². The third-order valence-electron chi connectivity index (χ3n) is 3.55. The lowest BCUT2D eigenvalue weighted by Crippen LogP contribution is -2.33. The van der Waals surface area contributed by atoms with Gasteiger partial charge in [0.2, 0.25) is 0 Å². The standard InChI is InChI=1S/C15H26N2/c1-5-12(4)17(7-3)15-11-9-8-10-13(15)14(16)6-2/h8-12,14H,5-7,16H2,1-4H3. The van der Waals surface area contributed by atoms with Crippen LogP contribution < -0.4 is 10.6 Å². The van der Waals surface area contributed by atoms with Gasteiger partial charge >= 0.3 is 0 Å². The maximum atomic E-state index is 6.20. The molecule has 2 heteroatoms. The van der Waals surface area contributed by atoms with Crippen LogP contribution in [0.5, 0.6) is 0 Å². The number of benzene rings is 1. The van der Waals surface area contributed by atoms with Crippen molar-refractivity contribution in [3.05, 3.63) is 29.8 Å². The van der Waals surface area contributed by atoms with Gasteiger partial charge in [-0.2, -0.15) is 0 Å². The zero-order valence-electron chi connectivity index (χ0n) is 11.6. The molecule has 2 nitrogen and oxygen atoms in total. The maximum Gasteiger partial charge on any atom is 0.0416 e. The second kappa shape index (κ2) is 6.65. The molecule has 2 N–H and O–H groups in total. The van der Waals surface area contributed by atoms with Gasteiger partial charge in [0.1, 0.15) is 0 Å². The molecule has 1 aromatic carbocycles. The zero-order chi connectivity index (χ0) is 12.8. The monoisotopic (exact) mass is 234 g/mol. The summed E-state index contributed by atoms with van der Waals surface area (Å²) in [6.07, 6.45) is 2.14. The van der Waals surface area contributed by atoms with Gasteiger partial charge in [0.05, 0.1) is 0 Å². The number of nitrogens with zero attached hydrogens (tertiary/aromatic N) is 1. The number of hydrogen-bond donors (Lipinski definition) is 1. The van der Waals surface area contributed by atoms with Crippen molar-refractivity contribution in [3.63, 3.8) is 0 Å². The van der Waals surface area contributed by atoms with Gasteiger partial charge in [0.15, 0.2) is 0 Å². The third-order valence-corrected chi connectivity index (χ3v) is 3.55. The summed E-state index contributed by atoms with van der Waals surface area (Å²) in [6.45, 7) is 9.89. The molecular formula is C15H26N2. The molecule has 0 aliphatic heterocycles. The molecule has 0 spiro atoms. The Morgan fingerprint density at radius 1 is 1.12 bits per heavy atom. The first-order chi connectivity index (χ1) is 8.15. The van der Waals surface area contributed by atoms with Gasteiger partial charge in [-0.15, -0.1) is 0 Å². The Bertz CT molecular complexity index is 335. The average molecular weight is 234 g/mol. The van der Waals surface area contributed by atoms with Gasteiger partial charge in [-0.25, -0.2) is 0 Å². The van der Waals surface area contributed by atoms with Crippen LogP contribution in [0.25, 0.3) is 0 Å². The van der Waals surface area contributed by atoms with Crippen molar-refractivity contribution in [2.75, 3.05) is 11.4 Å². The lowest BCUT2D eigenvalue weighted by atomic mass is 10.0. The molecule has 0 amide bonds. The molecule has 1 rings (SSSR count). The topological polar surface area (TPSA) is 29.3 Å². The van der Waals surface area contributed by atoms with E-state index in [1.807, 2.05) is 0 Å². The first kappa shape index (κ1) is 14.0. The van der Waals surface area contributed by atoms with Crippen LogP contribution in [0.15, 0.2) is 24.3 Å². The van der Waals surface area contributed by atoms with Crippen LogP contribution >= 0.6 is 0 Å². The molecule has 0 aliphatic carbocycles. The summed E-state index contributed by atoms with van der Waals surface area (Å²) in [6, 6.07) is 9.25. The van der Waals surface area contributed by atoms with Crippen LogP contribution in [0.4, 0.5) is 5.69 Å². The van der Waals surface area contributed by atoms with E-state index in [1.54, 1.807) is 0 Å². The van der Waals surface area contributed by atoms with Gasteiger partial charge in [0.25, 0.3) is 0 Å². The molecule has 0 aliphatic rings. The first-order valence-electron chi connectivity index (χ1n) is 6.76. The minimum atomic E-state index is 0.143. The fourth-order valence-corrected chi connectivity index (χ4v) is 2.22. The Balaban J connectivity index is 3.10. The van der Waals surface area contributed by atoms with E-state index in [2.05, 4.69) is 56.9 Å². The molecule has 0 aromatic heterocycles. The van der Waals surface area contributed by atoms with E-state index in [0.717, 1.165) is 19.4 Å². The summed E-state index contributed by atoms with van der Waals surface area (Å²) in [5.74, 6) is 0. The van der Waals surface area contributed by atoms with Crippen molar-refractivity contribution >= 4 is 5.69 Å². The molecule has 0 fully saturated rings. The second-order valence-electron chi connectivity index (χ2n) is 4.62. The molecule has 2 atom stereocenters. The summed E-state index contributed by atoms with van der Waals surface area (Å²) in [5, 5.41) is 0. The molecule has 96 valence electrons. The van der Waals surface area contributed by atoms with Crippen LogP contribution in [0, 0.1) is 0 Å². The Morgan fingerprint density at radius 3 is 2.29 bits per heavy atom. The van der Waals surface area contributed by atoms with Gasteiger partial charge < -0.3 is 10.6 Å². The fraction of sp³-hybridized carbons (Fsp3) is 0.600. The predicted molar refractivity (Wildman–Crippen MR) is 76.4 cm³/mol. The molecule has 1 aromatic rings. The van der Waals surface area contributed by atoms with E-state index in [9.17, 15) is 0 Å². The Morgan fingerprint density at radius 2 is 1.76 bits per heavy atom. The van der Waals surface area contributed by atoms with Crippen LogP contribution in [0.2, 0.25) is 0 Å². The van der Waals surface area contributed by atoms with Crippen molar-refractivity contribution in [3.8, 4) is 0 Å². The smallest absolute Gasteiger partial charge is 0.0416 e. The number of para-hydroxylation sites is 1. The SMILES string of the molecule is CCC(N)c1ccccc1N(CC)C(C)CC. The summed E-state index contributed by atoms with van der Waals surface area (Å²) in [7, 11) is 0. The molecule has 0 radical (unpaired) electrons. The highest BCUT2D eigenvalue weighted by Gasteiger charge is 2.16. The second-order valence-corrected chi connectivity index (χ2v) is 4.62. The average Bonchev–Trinajstić information content (AvgIpc) is 2.39. The van der Waals surface area contributed by atoms with Gasteiger partial charge in [-0.05, 0) is 38.3 Å². The number of nitrogens with two attached hydrogens (primary N) is 1. The van der Waals surface area contributed by atoms with E-state index >= 15 is 0 Å². The summed E-state index contributed by atoms with van der Waals surface area (Å²) in [5.41, 5.74) is 8.78. The normalized spacial score (nSPS) is 14.4. The quantitative estimate of drug-likeness (QED) is 0.813. The first-order valence-corrected chi connectivity index (χ1v) is 6.76. The molecule has 0 saturated carbocycles. The Hall–Kier alpha value is -1.02. The van der Waals surface area contributed by atoms with Gasteiger partial charge in [0, 0.05) is 24.3 Å². The highest BCUT2D eigenvalue weighted by molar-refractivity contribution is 5.55. The van der Waals surface area contributed by atoms with Crippen LogP contribution in [0.1, 0.15) is 52.1 Å². The lowest BCUT2D eigenvalue weighted by Gasteiger charge is -2.32. The summed E-state index contributed by atoms with van der Waals surface area (Å²) >= 11 is 0. The predicted octanol–water partition coefficient (Wildman–Crippen LogP) is 3.72. The molecule has 0 heterocycles. The fourth-order valence-electron chi connectivity index (χ4n) is 2.22. The molecule has 17 heavy (non-hydrogen) atoms. The van der Waals surface area contributed by atoms with E-state index in [4.69, 9.17) is 5.73 Å². The van der Waals surface area contributed by atoms with E-state index in [-0.39, 0.29) is 6.04 Å². The van der Waals surface area contributed by atoms with Crippen molar-refractivity contribution in [1.82, 2.24) is 0 Å². The van der Waals surface area contributed by atoms with Gasteiger partial charge in [-0.1, -0.05) is 32.0 Å². The molecule has 0 saturated heterocycles. The van der Waals surface area contributed by atoms with Crippen LogP contribution in [-0.2, 0) is 0 Å². The van der Waals surface area contributed by atoms with Crippen LogP contribution in [0.3, 0.4) is 0 Å². The minimum Gasteiger partial charge on any atom is -0.369 e. The van der Waals surface area contributed by atoms with Gasteiger partial charge in [-0.3, -0.25) is 0 Å².